The van der Waals surface area contributed by atoms with E-state index in [2.05, 4.69) is 42.6 Å². The van der Waals surface area contributed by atoms with Gasteiger partial charge in [0.1, 0.15) is 0 Å². The van der Waals surface area contributed by atoms with Gasteiger partial charge < -0.3 is 5.32 Å². The van der Waals surface area contributed by atoms with Crippen LogP contribution in [-0.4, -0.2) is 18.3 Å². The molecule has 0 amide bonds. The third kappa shape index (κ3) is 4.33. The zero-order valence-corrected chi connectivity index (χ0v) is 12.2. The standard InChI is InChI=1S/C16H25NS/c1-2-12-17-16-10-6-7-14(16)11-13-18-15-8-4-3-5-9-15/h3-5,8-9,14,16-17H,2,6-7,10-13H2,1H3. The molecule has 2 rings (SSSR count). The van der Waals surface area contributed by atoms with Crippen molar-refractivity contribution in [2.24, 2.45) is 5.92 Å². The molecule has 0 heterocycles. The van der Waals surface area contributed by atoms with Crippen LogP contribution < -0.4 is 5.32 Å². The Bertz CT molecular complexity index is 325. The van der Waals surface area contributed by atoms with Gasteiger partial charge in [-0.15, -0.1) is 11.8 Å². The average molecular weight is 263 g/mol. The van der Waals surface area contributed by atoms with Crippen LogP contribution >= 0.6 is 11.8 Å². The highest BCUT2D eigenvalue weighted by Gasteiger charge is 2.25. The van der Waals surface area contributed by atoms with Crippen LogP contribution in [0.15, 0.2) is 35.2 Å². The molecule has 0 aromatic heterocycles. The Hall–Kier alpha value is -0.470. The van der Waals surface area contributed by atoms with Crippen molar-refractivity contribution in [3.8, 4) is 0 Å². The van der Waals surface area contributed by atoms with Crippen molar-refractivity contribution in [2.45, 2.75) is 50.0 Å². The molecule has 1 saturated carbocycles. The minimum Gasteiger partial charge on any atom is -0.314 e. The SMILES string of the molecule is CCCNC1CCCC1CCSc1ccccc1. The number of nitrogens with one attached hydrogen (secondary N) is 1. The van der Waals surface area contributed by atoms with Crippen LogP contribution in [0.4, 0.5) is 0 Å². The second-order valence-electron chi connectivity index (χ2n) is 5.20. The second kappa shape index (κ2) is 7.85. The highest BCUT2D eigenvalue weighted by Crippen LogP contribution is 2.30. The van der Waals surface area contributed by atoms with Gasteiger partial charge in [0.15, 0.2) is 0 Å². The molecule has 1 aromatic rings. The predicted octanol–water partition coefficient (Wildman–Crippen LogP) is 4.34. The summed E-state index contributed by atoms with van der Waals surface area (Å²) in [6, 6.07) is 11.6. The summed E-state index contributed by atoms with van der Waals surface area (Å²) in [7, 11) is 0. The van der Waals surface area contributed by atoms with Crippen LogP contribution in [0.2, 0.25) is 0 Å². The van der Waals surface area contributed by atoms with Crippen molar-refractivity contribution < 1.29 is 0 Å². The maximum Gasteiger partial charge on any atom is 0.00956 e. The molecule has 18 heavy (non-hydrogen) atoms. The number of benzene rings is 1. The molecule has 0 radical (unpaired) electrons. The lowest BCUT2D eigenvalue weighted by molar-refractivity contribution is 0.393. The van der Waals surface area contributed by atoms with Crippen molar-refractivity contribution in [2.75, 3.05) is 12.3 Å². The van der Waals surface area contributed by atoms with E-state index in [0.717, 1.165) is 12.0 Å². The highest BCUT2D eigenvalue weighted by molar-refractivity contribution is 7.99. The number of thioether (sulfide) groups is 1. The van der Waals surface area contributed by atoms with E-state index in [4.69, 9.17) is 0 Å². The zero-order valence-electron chi connectivity index (χ0n) is 11.4. The minimum atomic E-state index is 0.793. The molecule has 1 nitrogen and oxygen atoms in total. The van der Waals surface area contributed by atoms with Gasteiger partial charge in [-0.1, -0.05) is 31.5 Å². The Morgan fingerprint density at radius 1 is 1.22 bits per heavy atom. The Kier molecular flexibility index (Phi) is 6.09. The topological polar surface area (TPSA) is 12.0 Å². The fourth-order valence-electron chi connectivity index (χ4n) is 2.83. The molecule has 2 unspecified atom stereocenters. The first kappa shape index (κ1) is 14.0. The lowest BCUT2D eigenvalue weighted by atomic mass is 10.0. The Morgan fingerprint density at radius 3 is 2.83 bits per heavy atom. The van der Waals surface area contributed by atoms with E-state index in [1.807, 2.05) is 11.8 Å². The lowest BCUT2D eigenvalue weighted by Crippen LogP contribution is -2.33. The molecule has 1 fully saturated rings. The summed E-state index contributed by atoms with van der Waals surface area (Å²) in [4.78, 5) is 1.41. The van der Waals surface area contributed by atoms with Crippen LogP contribution in [0.1, 0.15) is 39.0 Å². The van der Waals surface area contributed by atoms with Crippen molar-refractivity contribution in [1.82, 2.24) is 5.32 Å². The monoisotopic (exact) mass is 263 g/mol. The first-order valence-electron chi connectivity index (χ1n) is 7.31. The number of rotatable bonds is 7. The van der Waals surface area contributed by atoms with Gasteiger partial charge in [0.2, 0.25) is 0 Å². The third-order valence-electron chi connectivity index (χ3n) is 3.82. The van der Waals surface area contributed by atoms with Gasteiger partial charge in [-0.2, -0.15) is 0 Å². The first-order valence-corrected chi connectivity index (χ1v) is 8.30. The maximum atomic E-state index is 3.72. The molecule has 1 aromatic carbocycles. The molecule has 2 atom stereocenters. The number of hydrogen-bond acceptors (Lipinski definition) is 2. The maximum absolute atomic E-state index is 3.72. The van der Waals surface area contributed by atoms with Crippen molar-refractivity contribution in [3.63, 3.8) is 0 Å². The summed E-state index contributed by atoms with van der Waals surface area (Å²) in [6.07, 6.45) is 6.85. The van der Waals surface area contributed by atoms with Crippen molar-refractivity contribution in [1.29, 1.82) is 0 Å². The zero-order chi connectivity index (χ0) is 12.6. The first-order chi connectivity index (χ1) is 8.90. The molecule has 0 bridgehead atoms. The predicted molar refractivity (Wildman–Crippen MR) is 81.2 cm³/mol. The van der Waals surface area contributed by atoms with Gasteiger partial charge in [0.25, 0.3) is 0 Å². The summed E-state index contributed by atoms with van der Waals surface area (Å²) in [5.41, 5.74) is 0. The van der Waals surface area contributed by atoms with Crippen LogP contribution in [-0.2, 0) is 0 Å². The second-order valence-corrected chi connectivity index (χ2v) is 6.37. The van der Waals surface area contributed by atoms with Crippen LogP contribution in [0, 0.1) is 5.92 Å². The van der Waals surface area contributed by atoms with Crippen LogP contribution in [0.3, 0.4) is 0 Å². The molecule has 0 spiro atoms. The highest BCUT2D eigenvalue weighted by atomic mass is 32.2. The molecular formula is C16H25NS. The van der Waals surface area contributed by atoms with Gasteiger partial charge in [0.05, 0.1) is 0 Å². The minimum absolute atomic E-state index is 0.793. The number of hydrogen-bond donors (Lipinski definition) is 1. The quantitative estimate of drug-likeness (QED) is 0.735. The third-order valence-corrected chi connectivity index (χ3v) is 4.86. The molecule has 1 aliphatic carbocycles. The van der Waals surface area contributed by atoms with Gasteiger partial charge in [-0.25, -0.2) is 0 Å². The van der Waals surface area contributed by atoms with Gasteiger partial charge in [0, 0.05) is 10.9 Å². The fraction of sp³-hybridized carbons (Fsp3) is 0.625. The average Bonchev–Trinajstić information content (AvgIpc) is 2.85. The fourth-order valence-corrected chi connectivity index (χ4v) is 3.83. The Balaban J connectivity index is 1.69. The van der Waals surface area contributed by atoms with E-state index >= 15 is 0 Å². The van der Waals surface area contributed by atoms with Gasteiger partial charge in [-0.05, 0) is 56.0 Å². The van der Waals surface area contributed by atoms with Crippen LogP contribution in [0.25, 0.3) is 0 Å². The molecule has 1 aliphatic rings. The largest absolute Gasteiger partial charge is 0.314 e. The van der Waals surface area contributed by atoms with E-state index in [-0.39, 0.29) is 0 Å². The Morgan fingerprint density at radius 2 is 2.06 bits per heavy atom. The van der Waals surface area contributed by atoms with Gasteiger partial charge >= 0.3 is 0 Å². The smallest absolute Gasteiger partial charge is 0.00956 e. The molecule has 0 saturated heterocycles. The molecule has 1 N–H and O–H groups in total. The normalized spacial score (nSPS) is 23.4. The van der Waals surface area contributed by atoms with Crippen molar-refractivity contribution >= 4 is 11.8 Å². The molecule has 100 valence electrons. The molecule has 2 heteroatoms. The molecular weight excluding hydrogens is 238 g/mol. The Labute approximate surface area is 116 Å². The summed E-state index contributed by atoms with van der Waals surface area (Å²) >= 11 is 2.01. The lowest BCUT2D eigenvalue weighted by Gasteiger charge is -2.20. The van der Waals surface area contributed by atoms with E-state index in [0.29, 0.717) is 0 Å². The van der Waals surface area contributed by atoms with E-state index in [1.54, 1.807) is 0 Å². The van der Waals surface area contributed by atoms with E-state index in [1.165, 1.54) is 49.3 Å². The van der Waals surface area contributed by atoms with Crippen LogP contribution in [0.5, 0.6) is 0 Å². The van der Waals surface area contributed by atoms with Gasteiger partial charge in [-0.3, -0.25) is 0 Å². The van der Waals surface area contributed by atoms with E-state index < -0.39 is 0 Å². The summed E-state index contributed by atoms with van der Waals surface area (Å²) in [5, 5.41) is 3.72. The summed E-state index contributed by atoms with van der Waals surface area (Å²) in [5.74, 6) is 2.17. The van der Waals surface area contributed by atoms with Crippen molar-refractivity contribution in [3.05, 3.63) is 30.3 Å². The summed E-state index contributed by atoms with van der Waals surface area (Å²) < 4.78 is 0. The summed E-state index contributed by atoms with van der Waals surface area (Å²) in [6.45, 7) is 3.44. The van der Waals surface area contributed by atoms with E-state index in [9.17, 15) is 0 Å². The molecule has 0 aliphatic heterocycles.